The third kappa shape index (κ3) is 5.10. The first-order valence-electron chi connectivity index (χ1n) is 9.60. The van der Waals surface area contributed by atoms with Crippen LogP contribution >= 0.6 is 11.6 Å². The molecular weight excluding hydrogens is 410 g/mol. The lowest BCUT2D eigenvalue weighted by molar-refractivity contribution is -0.124. The van der Waals surface area contributed by atoms with E-state index in [4.69, 9.17) is 11.6 Å². The Morgan fingerprint density at radius 3 is 2.31 bits per heavy atom. The molecule has 0 aromatic heterocycles. The Balaban J connectivity index is 1.98. The molecule has 8 heteroatoms. The van der Waals surface area contributed by atoms with Gasteiger partial charge in [0.05, 0.1) is 4.90 Å². The molecule has 1 aliphatic rings. The second-order valence-corrected chi connectivity index (χ2v) is 9.69. The van der Waals surface area contributed by atoms with Crippen LogP contribution in [0.4, 0.5) is 5.69 Å². The number of amides is 1. The molecule has 2 aromatic carbocycles. The lowest BCUT2D eigenvalue weighted by Crippen LogP contribution is -2.48. The van der Waals surface area contributed by atoms with Crippen molar-refractivity contribution in [1.82, 2.24) is 9.62 Å². The van der Waals surface area contributed by atoms with E-state index in [2.05, 4.69) is 5.32 Å². The van der Waals surface area contributed by atoms with Crippen LogP contribution in [-0.2, 0) is 21.4 Å². The molecule has 1 N–H and O–H groups in total. The number of anilines is 1. The van der Waals surface area contributed by atoms with Crippen molar-refractivity contribution in [3.63, 3.8) is 0 Å². The van der Waals surface area contributed by atoms with Gasteiger partial charge in [-0.25, -0.2) is 8.42 Å². The monoisotopic (exact) mass is 435 g/mol. The zero-order chi connectivity index (χ0) is 21.0. The Morgan fingerprint density at radius 1 is 1.03 bits per heavy atom. The summed E-state index contributed by atoms with van der Waals surface area (Å²) in [5.74, 6) is -0.245. The highest BCUT2D eigenvalue weighted by molar-refractivity contribution is 7.89. The van der Waals surface area contributed by atoms with Crippen LogP contribution in [0.15, 0.2) is 53.4 Å². The first kappa shape index (κ1) is 21.6. The van der Waals surface area contributed by atoms with E-state index in [-0.39, 0.29) is 17.3 Å². The van der Waals surface area contributed by atoms with Crippen LogP contribution < -0.4 is 10.2 Å². The molecule has 0 bridgehead atoms. The summed E-state index contributed by atoms with van der Waals surface area (Å²) in [7, 11) is 0.00540. The van der Waals surface area contributed by atoms with Crippen molar-refractivity contribution < 1.29 is 13.2 Å². The van der Waals surface area contributed by atoms with Gasteiger partial charge in [0.2, 0.25) is 15.9 Å². The third-order valence-electron chi connectivity index (χ3n) is 5.07. The standard InChI is InChI=1S/C21H26ClN3O3S/c1-24(2)18-10-6-16(7-11-18)15-25(20-5-3-4-14-23-21(20)26)29(27,28)19-12-8-17(22)9-13-19/h6-13,20H,3-5,14-15H2,1-2H3,(H,23,26)/t20-/m1/s1. The van der Waals surface area contributed by atoms with Gasteiger partial charge in [-0.15, -0.1) is 0 Å². The van der Waals surface area contributed by atoms with Crippen LogP contribution in [0.5, 0.6) is 0 Å². The molecule has 3 rings (SSSR count). The van der Waals surface area contributed by atoms with Crippen molar-refractivity contribution in [3.8, 4) is 0 Å². The minimum absolute atomic E-state index is 0.122. The van der Waals surface area contributed by atoms with Crippen LogP contribution in [-0.4, -0.2) is 45.3 Å². The Hall–Kier alpha value is -2.09. The van der Waals surface area contributed by atoms with E-state index in [1.165, 1.54) is 16.4 Å². The summed E-state index contributed by atoms with van der Waals surface area (Å²) in [4.78, 5) is 14.8. The molecule has 6 nitrogen and oxygen atoms in total. The molecule has 0 aliphatic carbocycles. The van der Waals surface area contributed by atoms with E-state index in [1.54, 1.807) is 12.1 Å². The van der Waals surface area contributed by atoms with Crippen LogP contribution in [0.1, 0.15) is 24.8 Å². The fraction of sp³-hybridized carbons (Fsp3) is 0.381. The van der Waals surface area contributed by atoms with Crippen molar-refractivity contribution in [2.45, 2.75) is 36.7 Å². The Labute approximate surface area is 177 Å². The maximum absolute atomic E-state index is 13.5. The highest BCUT2D eigenvalue weighted by Crippen LogP contribution is 2.26. The first-order chi connectivity index (χ1) is 13.8. The van der Waals surface area contributed by atoms with Crippen LogP contribution in [0, 0.1) is 0 Å². The van der Waals surface area contributed by atoms with Crippen LogP contribution in [0.3, 0.4) is 0 Å². The van der Waals surface area contributed by atoms with E-state index in [9.17, 15) is 13.2 Å². The molecule has 1 aliphatic heterocycles. The van der Waals surface area contributed by atoms with Crippen molar-refractivity contribution in [2.24, 2.45) is 0 Å². The molecule has 1 heterocycles. The predicted molar refractivity (Wildman–Crippen MR) is 116 cm³/mol. The van der Waals surface area contributed by atoms with Gasteiger partial charge in [-0.2, -0.15) is 4.31 Å². The summed E-state index contributed by atoms with van der Waals surface area (Å²) in [5.41, 5.74) is 1.85. The minimum Gasteiger partial charge on any atom is -0.378 e. The third-order valence-corrected chi connectivity index (χ3v) is 7.19. The number of halogens is 1. The number of benzene rings is 2. The van der Waals surface area contributed by atoms with Gasteiger partial charge in [-0.3, -0.25) is 4.79 Å². The van der Waals surface area contributed by atoms with E-state index in [0.29, 0.717) is 18.0 Å². The molecule has 0 unspecified atom stereocenters. The fourth-order valence-electron chi connectivity index (χ4n) is 3.38. The average Bonchev–Trinajstić information content (AvgIpc) is 2.91. The van der Waals surface area contributed by atoms with Gasteiger partial charge in [0.15, 0.2) is 0 Å². The Morgan fingerprint density at radius 2 is 1.69 bits per heavy atom. The van der Waals surface area contributed by atoms with E-state index in [1.807, 2.05) is 43.3 Å². The van der Waals surface area contributed by atoms with Gasteiger partial charge < -0.3 is 10.2 Å². The van der Waals surface area contributed by atoms with Gasteiger partial charge in [0.1, 0.15) is 6.04 Å². The number of sulfonamides is 1. The first-order valence-corrected chi connectivity index (χ1v) is 11.4. The summed E-state index contributed by atoms with van der Waals surface area (Å²) in [6, 6.07) is 13.0. The number of nitrogens with one attached hydrogen (secondary N) is 1. The highest BCUT2D eigenvalue weighted by atomic mass is 35.5. The molecule has 0 radical (unpaired) electrons. The minimum atomic E-state index is -3.89. The van der Waals surface area contributed by atoms with Gasteiger partial charge in [-0.05, 0) is 61.2 Å². The Bertz CT molecular complexity index is 944. The molecule has 1 fully saturated rings. The summed E-state index contributed by atoms with van der Waals surface area (Å²) in [6.07, 6.45) is 2.12. The molecule has 29 heavy (non-hydrogen) atoms. The number of hydrogen-bond acceptors (Lipinski definition) is 4. The van der Waals surface area contributed by atoms with E-state index < -0.39 is 16.1 Å². The van der Waals surface area contributed by atoms with Crippen molar-refractivity contribution >= 4 is 33.2 Å². The quantitative estimate of drug-likeness (QED) is 0.756. The summed E-state index contributed by atoms with van der Waals surface area (Å²) < 4.78 is 28.3. The molecule has 0 spiro atoms. The number of nitrogens with zero attached hydrogens (tertiary/aromatic N) is 2. The molecule has 2 aromatic rings. The molecule has 156 valence electrons. The second-order valence-electron chi connectivity index (χ2n) is 7.37. The lowest BCUT2D eigenvalue weighted by atomic mass is 10.1. The zero-order valence-corrected chi connectivity index (χ0v) is 18.2. The number of rotatable bonds is 6. The molecule has 1 atom stereocenters. The van der Waals surface area contributed by atoms with Crippen LogP contribution in [0.2, 0.25) is 5.02 Å². The number of carbonyl (C=O) groups excluding carboxylic acids is 1. The number of hydrogen-bond donors (Lipinski definition) is 1. The maximum Gasteiger partial charge on any atom is 0.244 e. The smallest absolute Gasteiger partial charge is 0.244 e. The largest absolute Gasteiger partial charge is 0.378 e. The molecule has 0 saturated carbocycles. The normalized spacial score (nSPS) is 17.7. The SMILES string of the molecule is CN(C)c1ccc(CN([C@@H]2CCCCNC2=O)S(=O)(=O)c2ccc(Cl)cc2)cc1. The van der Waals surface area contributed by atoms with Gasteiger partial charge in [-0.1, -0.05) is 23.7 Å². The summed E-state index contributed by atoms with van der Waals surface area (Å²) in [6.45, 7) is 0.693. The highest BCUT2D eigenvalue weighted by Gasteiger charge is 2.36. The topological polar surface area (TPSA) is 69.7 Å². The average molecular weight is 436 g/mol. The zero-order valence-electron chi connectivity index (χ0n) is 16.6. The van der Waals surface area contributed by atoms with Crippen molar-refractivity contribution in [3.05, 3.63) is 59.1 Å². The molecular formula is C21H26ClN3O3S. The second kappa shape index (κ2) is 9.15. The van der Waals surface area contributed by atoms with Gasteiger partial charge in [0.25, 0.3) is 0 Å². The van der Waals surface area contributed by atoms with E-state index >= 15 is 0 Å². The molecule has 1 amide bonds. The number of carbonyl (C=O) groups is 1. The van der Waals surface area contributed by atoms with Crippen molar-refractivity contribution in [1.29, 1.82) is 0 Å². The lowest BCUT2D eigenvalue weighted by Gasteiger charge is -2.29. The van der Waals surface area contributed by atoms with Gasteiger partial charge in [0, 0.05) is 37.9 Å². The Kier molecular flexibility index (Phi) is 6.82. The maximum atomic E-state index is 13.5. The predicted octanol–water partition coefficient (Wildman–Crippen LogP) is 3.27. The summed E-state index contributed by atoms with van der Waals surface area (Å²) >= 11 is 5.93. The van der Waals surface area contributed by atoms with Crippen molar-refractivity contribution in [2.75, 3.05) is 25.5 Å². The summed E-state index contributed by atoms with van der Waals surface area (Å²) in [5, 5.41) is 3.30. The van der Waals surface area contributed by atoms with Crippen LogP contribution in [0.25, 0.3) is 0 Å². The van der Waals surface area contributed by atoms with E-state index in [0.717, 1.165) is 24.1 Å². The van der Waals surface area contributed by atoms with Gasteiger partial charge >= 0.3 is 0 Å². The molecule has 1 saturated heterocycles. The fourth-order valence-corrected chi connectivity index (χ4v) is 5.11.